The van der Waals surface area contributed by atoms with Crippen LogP contribution in [0.15, 0.2) is 23.1 Å². The maximum absolute atomic E-state index is 9.67. The summed E-state index contributed by atoms with van der Waals surface area (Å²) in [6.45, 7) is 0.486. The first-order chi connectivity index (χ1) is 5.91. The van der Waals surface area contributed by atoms with E-state index in [1.54, 1.807) is 0 Å². The Morgan fingerprint density at radius 3 is 1.54 bits per heavy atom. The highest BCUT2D eigenvalue weighted by molar-refractivity contribution is 7.80. The van der Waals surface area contributed by atoms with Crippen LogP contribution in [0.4, 0.5) is 13.2 Å². The molecule has 0 spiro atoms. The lowest BCUT2D eigenvalue weighted by molar-refractivity contribution is 0.00819. The van der Waals surface area contributed by atoms with Crippen molar-refractivity contribution >= 4 is 12.6 Å². The number of rotatable bonds is 0. The van der Waals surface area contributed by atoms with E-state index in [0.717, 1.165) is 4.90 Å². The number of halogens is 3. The Hall–Kier alpha value is -0.640. The molecule has 1 rings (SSSR count). The SMILES string of the molecule is Cc1cc(C)cc(S)c1.FC(F)F. The van der Waals surface area contributed by atoms with Crippen LogP contribution in [0.3, 0.4) is 0 Å². The molecule has 0 saturated heterocycles. The summed E-state index contributed by atoms with van der Waals surface area (Å²) in [5.41, 5.74) is 2.56. The van der Waals surface area contributed by atoms with E-state index in [2.05, 4.69) is 44.7 Å². The molecular formula is C9H11F3S. The summed E-state index contributed by atoms with van der Waals surface area (Å²) in [6, 6.07) is 6.24. The van der Waals surface area contributed by atoms with Crippen LogP contribution < -0.4 is 0 Å². The van der Waals surface area contributed by atoms with E-state index in [1.165, 1.54) is 11.1 Å². The Morgan fingerprint density at radius 2 is 1.31 bits per heavy atom. The Morgan fingerprint density at radius 1 is 1.00 bits per heavy atom. The van der Waals surface area contributed by atoms with E-state index in [4.69, 9.17) is 0 Å². The molecule has 1 aromatic rings. The van der Waals surface area contributed by atoms with Crippen LogP contribution in [0, 0.1) is 13.8 Å². The third-order valence-corrected chi connectivity index (χ3v) is 1.46. The molecule has 0 radical (unpaired) electrons. The second-order valence-electron chi connectivity index (χ2n) is 2.59. The molecule has 0 aliphatic rings. The number of benzene rings is 1. The summed E-state index contributed by atoms with van der Waals surface area (Å²) in [5, 5.41) is 0. The second kappa shape index (κ2) is 5.91. The standard InChI is InChI=1S/C8H10S.CHF3/c1-6-3-7(2)5-8(9)4-6;2-1(3)4/h3-5,9H,1-2H3;1H. The van der Waals surface area contributed by atoms with Crippen LogP contribution in [0.25, 0.3) is 0 Å². The van der Waals surface area contributed by atoms with Crippen molar-refractivity contribution in [1.82, 2.24) is 0 Å². The van der Waals surface area contributed by atoms with Crippen molar-refractivity contribution < 1.29 is 13.2 Å². The highest BCUT2D eigenvalue weighted by atomic mass is 32.1. The zero-order valence-electron chi connectivity index (χ0n) is 7.39. The number of hydrogen-bond acceptors (Lipinski definition) is 1. The van der Waals surface area contributed by atoms with Gasteiger partial charge in [0, 0.05) is 4.90 Å². The molecule has 0 saturated carbocycles. The first kappa shape index (κ1) is 12.4. The molecule has 0 aliphatic carbocycles. The largest absolute Gasteiger partial charge is 0.379 e. The maximum atomic E-state index is 9.67. The van der Waals surface area contributed by atoms with Gasteiger partial charge in [-0.1, -0.05) is 6.07 Å². The fourth-order valence-electron chi connectivity index (χ4n) is 0.951. The minimum absolute atomic E-state index is 1.05. The highest BCUT2D eigenvalue weighted by Crippen LogP contribution is 2.11. The van der Waals surface area contributed by atoms with Gasteiger partial charge in [-0.25, -0.2) is 0 Å². The van der Waals surface area contributed by atoms with Gasteiger partial charge in [0.15, 0.2) is 0 Å². The van der Waals surface area contributed by atoms with Crippen molar-refractivity contribution in [2.45, 2.75) is 25.4 Å². The van der Waals surface area contributed by atoms with E-state index >= 15 is 0 Å². The molecule has 0 heterocycles. The summed E-state index contributed by atoms with van der Waals surface area (Å²) >= 11 is 4.22. The molecule has 0 aliphatic heterocycles. The topological polar surface area (TPSA) is 0 Å². The molecule has 0 aromatic heterocycles. The minimum Gasteiger partial charge on any atom is -0.174 e. The van der Waals surface area contributed by atoms with Crippen LogP contribution in [0.5, 0.6) is 0 Å². The number of thiol groups is 1. The zero-order chi connectivity index (χ0) is 10.4. The van der Waals surface area contributed by atoms with Crippen LogP contribution in [-0.2, 0) is 0 Å². The van der Waals surface area contributed by atoms with Gasteiger partial charge in [-0.2, -0.15) is 13.2 Å². The molecule has 0 N–H and O–H groups in total. The Balaban J connectivity index is 0.000000310. The summed E-state index contributed by atoms with van der Waals surface area (Å²) in [5.74, 6) is 0. The van der Waals surface area contributed by atoms with E-state index in [9.17, 15) is 13.2 Å². The molecule has 0 unspecified atom stereocenters. The van der Waals surface area contributed by atoms with E-state index in [-0.39, 0.29) is 0 Å². The van der Waals surface area contributed by atoms with E-state index in [1.807, 2.05) is 0 Å². The average molecular weight is 208 g/mol. The first-order valence-electron chi connectivity index (χ1n) is 3.61. The summed E-state index contributed by atoms with van der Waals surface area (Å²) < 4.78 is 29.0. The lowest BCUT2D eigenvalue weighted by Crippen LogP contribution is -1.75. The summed E-state index contributed by atoms with van der Waals surface area (Å²) in [4.78, 5) is 1.05. The molecular weight excluding hydrogens is 197 g/mol. The van der Waals surface area contributed by atoms with Crippen molar-refractivity contribution in [1.29, 1.82) is 0 Å². The second-order valence-corrected chi connectivity index (χ2v) is 3.11. The number of alkyl halides is 3. The highest BCUT2D eigenvalue weighted by Gasteiger charge is 1.88. The molecule has 13 heavy (non-hydrogen) atoms. The fourth-order valence-corrected chi connectivity index (χ4v) is 1.36. The minimum atomic E-state index is -3.67. The van der Waals surface area contributed by atoms with Gasteiger partial charge in [0.05, 0.1) is 0 Å². The Labute approximate surface area is 81.2 Å². The molecule has 0 nitrogen and oxygen atoms in total. The maximum Gasteiger partial charge on any atom is 0.379 e. The molecule has 4 heteroatoms. The molecule has 0 bridgehead atoms. The third kappa shape index (κ3) is 7.71. The molecule has 0 amide bonds. The van der Waals surface area contributed by atoms with Crippen molar-refractivity contribution in [3.05, 3.63) is 29.3 Å². The van der Waals surface area contributed by atoms with Crippen molar-refractivity contribution in [2.24, 2.45) is 0 Å². The molecule has 0 fully saturated rings. The van der Waals surface area contributed by atoms with Crippen molar-refractivity contribution in [3.63, 3.8) is 0 Å². The van der Waals surface area contributed by atoms with Gasteiger partial charge in [0.2, 0.25) is 0 Å². The van der Waals surface area contributed by atoms with Crippen molar-refractivity contribution in [2.75, 3.05) is 0 Å². The summed E-state index contributed by atoms with van der Waals surface area (Å²) in [7, 11) is 0. The lowest BCUT2D eigenvalue weighted by Gasteiger charge is -1.96. The first-order valence-corrected chi connectivity index (χ1v) is 4.06. The predicted octanol–water partition coefficient (Wildman–Crippen LogP) is 3.77. The van der Waals surface area contributed by atoms with Crippen LogP contribution in [0.2, 0.25) is 0 Å². The molecule has 1 aromatic carbocycles. The van der Waals surface area contributed by atoms with E-state index in [0.29, 0.717) is 0 Å². The smallest absolute Gasteiger partial charge is 0.174 e. The van der Waals surface area contributed by atoms with Crippen LogP contribution in [-0.4, -0.2) is 6.68 Å². The fraction of sp³-hybridized carbons (Fsp3) is 0.333. The number of hydrogen-bond donors (Lipinski definition) is 1. The van der Waals surface area contributed by atoms with Gasteiger partial charge in [0.25, 0.3) is 0 Å². The van der Waals surface area contributed by atoms with Gasteiger partial charge in [-0.15, -0.1) is 12.6 Å². The van der Waals surface area contributed by atoms with E-state index < -0.39 is 6.68 Å². The predicted molar refractivity (Wildman–Crippen MR) is 50.3 cm³/mol. The van der Waals surface area contributed by atoms with Crippen LogP contribution in [0.1, 0.15) is 11.1 Å². The normalized spacial score (nSPS) is 9.46. The van der Waals surface area contributed by atoms with Gasteiger partial charge >= 0.3 is 6.68 Å². The monoisotopic (exact) mass is 208 g/mol. The molecule has 74 valence electrons. The van der Waals surface area contributed by atoms with Gasteiger partial charge in [-0.3, -0.25) is 0 Å². The Bertz CT molecular complexity index is 208. The van der Waals surface area contributed by atoms with Crippen LogP contribution >= 0.6 is 12.6 Å². The average Bonchev–Trinajstić information content (AvgIpc) is 1.80. The zero-order valence-corrected chi connectivity index (χ0v) is 8.28. The lowest BCUT2D eigenvalue weighted by atomic mass is 10.2. The third-order valence-electron chi connectivity index (χ3n) is 1.21. The van der Waals surface area contributed by atoms with Gasteiger partial charge in [-0.05, 0) is 37.1 Å². The van der Waals surface area contributed by atoms with Crippen molar-refractivity contribution in [3.8, 4) is 0 Å². The molecule has 0 atom stereocenters. The summed E-state index contributed by atoms with van der Waals surface area (Å²) in [6.07, 6.45) is 0. The van der Waals surface area contributed by atoms with Gasteiger partial charge in [0.1, 0.15) is 0 Å². The van der Waals surface area contributed by atoms with Gasteiger partial charge < -0.3 is 0 Å². The number of aryl methyl sites for hydroxylation is 2. The Kier molecular flexibility index (Phi) is 5.62. The quantitative estimate of drug-likeness (QED) is 0.616.